The average Bonchev–Trinajstić information content (AvgIpc) is 3.48. The molecule has 1 aromatic heterocycles. The van der Waals surface area contributed by atoms with E-state index in [4.69, 9.17) is 0 Å². The minimum Gasteiger partial charge on any atom is -0.356 e. The molecule has 2 atom stereocenters. The number of carbonyl (C=O) groups excluding carboxylic acids is 5. The van der Waals surface area contributed by atoms with Crippen molar-refractivity contribution in [3.63, 3.8) is 0 Å². The van der Waals surface area contributed by atoms with E-state index in [1.807, 2.05) is 6.07 Å². The molecular formula is C24H30N6O5. The van der Waals surface area contributed by atoms with Gasteiger partial charge in [0.2, 0.25) is 17.6 Å². The van der Waals surface area contributed by atoms with Crippen LogP contribution >= 0.6 is 0 Å². The third-order valence-corrected chi connectivity index (χ3v) is 6.51. The van der Waals surface area contributed by atoms with E-state index in [0.29, 0.717) is 24.0 Å². The zero-order valence-corrected chi connectivity index (χ0v) is 19.4. The summed E-state index contributed by atoms with van der Waals surface area (Å²) in [6.07, 6.45) is 5.26. The van der Waals surface area contributed by atoms with Gasteiger partial charge in [0.1, 0.15) is 0 Å². The van der Waals surface area contributed by atoms with E-state index in [1.54, 1.807) is 18.2 Å². The molecule has 4 amide bonds. The summed E-state index contributed by atoms with van der Waals surface area (Å²) in [5.74, 6) is -3.39. The van der Waals surface area contributed by atoms with E-state index in [-0.39, 0.29) is 24.2 Å². The summed E-state index contributed by atoms with van der Waals surface area (Å²) < 4.78 is 0. The summed E-state index contributed by atoms with van der Waals surface area (Å²) in [7, 11) is 0. The number of hydrogen-bond donors (Lipinski definition) is 5. The van der Waals surface area contributed by atoms with Gasteiger partial charge < -0.3 is 26.3 Å². The highest BCUT2D eigenvalue weighted by atomic mass is 16.2. The number of nitrogens with one attached hydrogen (secondary N) is 5. The van der Waals surface area contributed by atoms with Crippen molar-refractivity contribution in [2.45, 2.75) is 57.0 Å². The van der Waals surface area contributed by atoms with Gasteiger partial charge in [0.25, 0.3) is 11.8 Å². The Morgan fingerprint density at radius 3 is 2.54 bits per heavy atom. The quantitative estimate of drug-likeness (QED) is 0.323. The molecule has 186 valence electrons. The molecule has 5 N–H and O–H groups in total. The number of carbonyl (C=O) groups is 5. The minimum absolute atomic E-state index is 0.0199. The highest BCUT2D eigenvalue weighted by molar-refractivity contribution is 6.38. The smallest absolute Gasteiger partial charge is 0.289 e. The van der Waals surface area contributed by atoms with E-state index >= 15 is 0 Å². The third kappa shape index (κ3) is 6.23. The number of imidazole rings is 1. The fraction of sp³-hybridized carbons (Fsp3) is 0.500. The number of H-pyrrole nitrogens is 1. The number of fused-ring (bicyclic) bond motifs is 1. The molecule has 35 heavy (non-hydrogen) atoms. The van der Waals surface area contributed by atoms with Gasteiger partial charge in [-0.1, -0.05) is 31.4 Å². The SMILES string of the molecule is O=C(CNC(=O)c1nc2ccccc2[nH]1)NC(CC1CCNC1=O)C(=O)C(=O)NC1CCCCC1. The van der Waals surface area contributed by atoms with Crippen LogP contribution in [0.3, 0.4) is 0 Å². The Bertz CT molecular complexity index is 1090. The number of nitrogens with zero attached hydrogens (tertiary/aromatic N) is 1. The Kier molecular flexibility index (Phi) is 7.74. The lowest BCUT2D eigenvalue weighted by atomic mass is 9.93. The average molecular weight is 483 g/mol. The standard InChI is InChI=1S/C24H30N6O5/c31-19(13-26-24(35)21-29-16-8-4-5-9-17(16)30-21)28-18(12-14-10-11-25-22(14)33)20(32)23(34)27-15-6-2-1-3-7-15/h4-5,8-9,14-15,18H,1-3,6-7,10-13H2,(H,25,33)(H,26,35)(H,27,34)(H,28,31)(H,29,30). The predicted octanol–water partition coefficient (Wildman–Crippen LogP) is 0.322. The lowest BCUT2D eigenvalue weighted by Crippen LogP contribution is -2.52. The van der Waals surface area contributed by atoms with Crippen molar-refractivity contribution in [2.75, 3.05) is 13.1 Å². The van der Waals surface area contributed by atoms with Crippen LogP contribution in [0.4, 0.5) is 0 Å². The largest absolute Gasteiger partial charge is 0.356 e. The van der Waals surface area contributed by atoms with Crippen molar-refractivity contribution >= 4 is 40.4 Å². The molecule has 1 saturated heterocycles. The normalized spacial score (nSPS) is 19.1. The minimum atomic E-state index is -1.16. The van der Waals surface area contributed by atoms with E-state index in [1.165, 1.54) is 0 Å². The van der Waals surface area contributed by atoms with Gasteiger partial charge in [0.05, 0.1) is 23.6 Å². The first-order chi connectivity index (χ1) is 16.9. The molecule has 2 aliphatic rings. The van der Waals surface area contributed by atoms with Gasteiger partial charge in [0.15, 0.2) is 5.82 Å². The van der Waals surface area contributed by atoms with Crippen LogP contribution in [0.1, 0.15) is 55.6 Å². The van der Waals surface area contributed by atoms with Crippen LogP contribution in [-0.4, -0.2) is 64.6 Å². The maximum absolute atomic E-state index is 12.9. The van der Waals surface area contributed by atoms with Gasteiger partial charge in [0, 0.05) is 18.5 Å². The first-order valence-corrected chi connectivity index (χ1v) is 12.1. The van der Waals surface area contributed by atoms with Crippen molar-refractivity contribution in [1.82, 2.24) is 31.2 Å². The molecule has 11 nitrogen and oxygen atoms in total. The van der Waals surface area contributed by atoms with Crippen LogP contribution < -0.4 is 21.3 Å². The van der Waals surface area contributed by atoms with Crippen molar-refractivity contribution in [3.05, 3.63) is 30.1 Å². The second kappa shape index (κ2) is 11.1. The Hall–Kier alpha value is -3.76. The Morgan fingerprint density at radius 1 is 1.06 bits per heavy atom. The Labute approximate surface area is 202 Å². The molecule has 0 radical (unpaired) electrons. The number of Topliss-reactive ketones (excluding diaryl/α,β-unsaturated/α-hetero) is 1. The number of aromatic amines is 1. The number of aromatic nitrogens is 2. The number of amides is 4. The molecule has 4 rings (SSSR count). The van der Waals surface area contributed by atoms with Gasteiger partial charge in [-0.15, -0.1) is 0 Å². The summed E-state index contributed by atoms with van der Waals surface area (Å²) >= 11 is 0. The van der Waals surface area contributed by atoms with Gasteiger partial charge in [-0.05, 0) is 37.8 Å². The van der Waals surface area contributed by atoms with Crippen molar-refractivity contribution in [3.8, 4) is 0 Å². The fourth-order valence-corrected chi connectivity index (χ4v) is 4.60. The lowest BCUT2D eigenvalue weighted by molar-refractivity contribution is -0.141. The van der Waals surface area contributed by atoms with Gasteiger partial charge in [-0.3, -0.25) is 24.0 Å². The molecule has 11 heteroatoms. The van der Waals surface area contributed by atoms with E-state index < -0.39 is 42.0 Å². The van der Waals surface area contributed by atoms with Crippen molar-refractivity contribution < 1.29 is 24.0 Å². The number of hydrogen-bond acceptors (Lipinski definition) is 6. The fourth-order valence-electron chi connectivity index (χ4n) is 4.60. The topological polar surface area (TPSA) is 162 Å². The molecule has 2 heterocycles. The van der Waals surface area contributed by atoms with E-state index in [0.717, 1.165) is 32.1 Å². The van der Waals surface area contributed by atoms with Gasteiger partial charge >= 0.3 is 0 Å². The molecule has 2 fully saturated rings. The Morgan fingerprint density at radius 2 is 1.83 bits per heavy atom. The van der Waals surface area contributed by atoms with Crippen molar-refractivity contribution in [2.24, 2.45) is 5.92 Å². The lowest BCUT2D eigenvalue weighted by Gasteiger charge is -2.24. The molecule has 1 aromatic carbocycles. The summed E-state index contributed by atoms with van der Waals surface area (Å²) in [6, 6.07) is 5.91. The van der Waals surface area contributed by atoms with Crippen LogP contribution in [0.2, 0.25) is 0 Å². The molecule has 1 aliphatic heterocycles. The molecule has 2 unspecified atom stereocenters. The first kappa shape index (κ1) is 24.4. The highest BCUT2D eigenvalue weighted by Gasteiger charge is 2.34. The first-order valence-electron chi connectivity index (χ1n) is 12.1. The number of benzene rings is 1. The van der Waals surface area contributed by atoms with E-state index in [2.05, 4.69) is 31.2 Å². The van der Waals surface area contributed by atoms with Crippen LogP contribution in [-0.2, 0) is 19.2 Å². The molecule has 2 aromatic rings. The zero-order valence-electron chi connectivity index (χ0n) is 19.4. The molecule has 0 bridgehead atoms. The summed E-state index contributed by atoms with van der Waals surface area (Å²) in [5, 5.41) is 10.5. The van der Waals surface area contributed by atoms with Crippen molar-refractivity contribution in [1.29, 1.82) is 0 Å². The summed E-state index contributed by atoms with van der Waals surface area (Å²) in [6.45, 7) is 0.0704. The zero-order chi connectivity index (χ0) is 24.8. The number of ketones is 1. The number of rotatable bonds is 9. The maximum Gasteiger partial charge on any atom is 0.289 e. The maximum atomic E-state index is 12.9. The van der Waals surface area contributed by atoms with Crippen LogP contribution in [0.25, 0.3) is 11.0 Å². The molecule has 1 aliphatic carbocycles. The van der Waals surface area contributed by atoms with Crippen LogP contribution in [0.5, 0.6) is 0 Å². The van der Waals surface area contributed by atoms with E-state index in [9.17, 15) is 24.0 Å². The number of para-hydroxylation sites is 2. The monoisotopic (exact) mass is 482 g/mol. The second-order valence-electron chi connectivity index (χ2n) is 9.09. The van der Waals surface area contributed by atoms with Gasteiger partial charge in [-0.25, -0.2) is 4.98 Å². The summed E-state index contributed by atoms with van der Waals surface area (Å²) in [5.41, 5.74) is 1.30. The molecular weight excluding hydrogens is 452 g/mol. The third-order valence-electron chi connectivity index (χ3n) is 6.51. The highest BCUT2D eigenvalue weighted by Crippen LogP contribution is 2.19. The molecule has 1 saturated carbocycles. The second-order valence-corrected chi connectivity index (χ2v) is 9.09. The summed E-state index contributed by atoms with van der Waals surface area (Å²) in [4.78, 5) is 69.7. The Balaban J connectivity index is 1.36. The predicted molar refractivity (Wildman–Crippen MR) is 126 cm³/mol. The molecule has 0 spiro atoms. The van der Waals surface area contributed by atoms with Crippen LogP contribution in [0.15, 0.2) is 24.3 Å². The van der Waals surface area contributed by atoms with Gasteiger partial charge in [-0.2, -0.15) is 0 Å². The van der Waals surface area contributed by atoms with Crippen LogP contribution in [0, 0.1) is 5.92 Å².